The molecule has 2 aromatic rings. The summed E-state index contributed by atoms with van der Waals surface area (Å²) in [6, 6.07) is 10.8. The SMILES string of the molecule is O=C1CCC(N2Cc3c(CN4CCN(c5cccc(F)n5)CC4)cccc3C2S)C(=O)N1. The van der Waals surface area contributed by atoms with Gasteiger partial charge in [-0.2, -0.15) is 17.0 Å². The van der Waals surface area contributed by atoms with Crippen molar-refractivity contribution >= 4 is 30.3 Å². The van der Waals surface area contributed by atoms with Crippen molar-refractivity contribution in [1.82, 2.24) is 20.1 Å². The number of benzene rings is 1. The van der Waals surface area contributed by atoms with Crippen LogP contribution < -0.4 is 10.2 Å². The minimum Gasteiger partial charge on any atom is -0.354 e. The van der Waals surface area contributed by atoms with Gasteiger partial charge < -0.3 is 4.90 Å². The van der Waals surface area contributed by atoms with E-state index in [9.17, 15) is 14.0 Å². The van der Waals surface area contributed by atoms with E-state index in [4.69, 9.17) is 12.6 Å². The molecule has 0 aliphatic carbocycles. The number of piperidine rings is 1. The molecule has 9 heteroatoms. The number of hydrogen-bond donors (Lipinski definition) is 2. The van der Waals surface area contributed by atoms with E-state index in [0.29, 0.717) is 25.2 Å². The van der Waals surface area contributed by atoms with Gasteiger partial charge in [0.05, 0.1) is 11.4 Å². The van der Waals surface area contributed by atoms with Gasteiger partial charge in [-0.3, -0.25) is 24.7 Å². The first kappa shape index (κ1) is 21.4. The van der Waals surface area contributed by atoms with Gasteiger partial charge in [0, 0.05) is 45.7 Å². The minimum absolute atomic E-state index is 0.162. The molecule has 3 aliphatic heterocycles. The van der Waals surface area contributed by atoms with E-state index in [1.165, 1.54) is 17.2 Å². The molecule has 2 unspecified atom stereocenters. The second-order valence-corrected chi connectivity index (χ2v) is 9.07. The Morgan fingerprint density at radius 2 is 1.88 bits per heavy atom. The summed E-state index contributed by atoms with van der Waals surface area (Å²) in [5, 5.41) is 2.30. The molecule has 32 heavy (non-hydrogen) atoms. The highest BCUT2D eigenvalue weighted by molar-refractivity contribution is 7.80. The van der Waals surface area contributed by atoms with Crippen LogP contribution in [0, 0.1) is 5.95 Å². The molecule has 0 bridgehead atoms. The summed E-state index contributed by atoms with van der Waals surface area (Å²) >= 11 is 4.82. The van der Waals surface area contributed by atoms with Crippen molar-refractivity contribution in [1.29, 1.82) is 0 Å². The highest BCUT2D eigenvalue weighted by Crippen LogP contribution is 2.40. The second-order valence-electron chi connectivity index (χ2n) is 8.58. The predicted molar refractivity (Wildman–Crippen MR) is 122 cm³/mol. The summed E-state index contributed by atoms with van der Waals surface area (Å²) in [6.07, 6.45) is 0.891. The average Bonchev–Trinajstić information content (AvgIpc) is 3.12. The molecule has 1 aromatic carbocycles. The number of rotatable bonds is 4. The molecular formula is C23H26FN5O2S. The van der Waals surface area contributed by atoms with Crippen LogP contribution in [0.25, 0.3) is 0 Å². The van der Waals surface area contributed by atoms with Crippen molar-refractivity contribution in [2.75, 3.05) is 31.1 Å². The van der Waals surface area contributed by atoms with E-state index in [1.807, 2.05) is 6.07 Å². The topological polar surface area (TPSA) is 68.8 Å². The quantitative estimate of drug-likeness (QED) is 0.418. The first-order valence-electron chi connectivity index (χ1n) is 11.0. The zero-order valence-corrected chi connectivity index (χ0v) is 18.6. The molecule has 2 amide bonds. The number of fused-ring (bicyclic) bond motifs is 1. The molecule has 168 valence electrons. The third-order valence-electron chi connectivity index (χ3n) is 6.64. The van der Waals surface area contributed by atoms with Gasteiger partial charge in [-0.15, -0.1) is 0 Å². The molecule has 0 saturated carbocycles. The van der Waals surface area contributed by atoms with E-state index in [-0.39, 0.29) is 23.2 Å². The Hall–Kier alpha value is -2.49. The molecule has 1 N–H and O–H groups in total. The Morgan fingerprint density at radius 1 is 1.09 bits per heavy atom. The fourth-order valence-electron chi connectivity index (χ4n) is 4.91. The summed E-state index contributed by atoms with van der Waals surface area (Å²) in [6.45, 7) is 4.79. The number of nitrogens with zero attached hydrogens (tertiary/aromatic N) is 4. The lowest BCUT2D eigenvalue weighted by molar-refractivity contribution is -0.137. The Bertz CT molecular complexity index is 1040. The number of carbonyl (C=O) groups excluding carboxylic acids is 2. The second kappa shape index (κ2) is 8.80. The van der Waals surface area contributed by atoms with E-state index in [0.717, 1.165) is 38.3 Å². The number of piperazine rings is 1. The van der Waals surface area contributed by atoms with Crippen LogP contribution in [0.15, 0.2) is 36.4 Å². The number of anilines is 1. The maximum absolute atomic E-state index is 13.5. The van der Waals surface area contributed by atoms with Gasteiger partial charge in [0.15, 0.2) is 0 Å². The van der Waals surface area contributed by atoms with Crippen molar-refractivity contribution in [3.05, 3.63) is 59.0 Å². The smallest absolute Gasteiger partial charge is 0.243 e. The third-order valence-corrected chi connectivity index (χ3v) is 7.22. The lowest BCUT2D eigenvalue weighted by Gasteiger charge is -2.35. The Morgan fingerprint density at radius 3 is 2.62 bits per heavy atom. The first-order chi connectivity index (χ1) is 15.5. The minimum atomic E-state index is -0.452. The number of amides is 2. The first-order valence-corrected chi connectivity index (χ1v) is 11.5. The molecule has 7 nitrogen and oxygen atoms in total. The van der Waals surface area contributed by atoms with Crippen LogP contribution in [-0.4, -0.2) is 58.8 Å². The fourth-order valence-corrected chi connectivity index (χ4v) is 5.40. The molecule has 0 radical (unpaired) electrons. The number of carbonyl (C=O) groups is 2. The fraction of sp³-hybridized carbons (Fsp3) is 0.435. The largest absolute Gasteiger partial charge is 0.354 e. The molecule has 4 heterocycles. The number of hydrogen-bond acceptors (Lipinski definition) is 7. The molecule has 2 fully saturated rings. The summed E-state index contributed by atoms with van der Waals surface area (Å²) in [5.41, 5.74) is 3.61. The van der Waals surface area contributed by atoms with Crippen molar-refractivity contribution in [3.63, 3.8) is 0 Å². The van der Waals surface area contributed by atoms with E-state index in [1.54, 1.807) is 6.07 Å². The van der Waals surface area contributed by atoms with Crippen LogP contribution in [0.1, 0.15) is 34.9 Å². The molecular weight excluding hydrogens is 429 g/mol. The monoisotopic (exact) mass is 455 g/mol. The Kier molecular flexibility index (Phi) is 5.88. The molecule has 3 aliphatic rings. The van der Waals surface area contributed by atoms with Gasteiger partial charge in [-0.1, -0.05) is 24.3 Å². The van der Waals surface area contributed by atoms with Gasteiger partial charge in [0.2, 0.25) is 17.8 Å². The van der Waals surface area contributed by atoms with Gasteiger partial charge in [0.25, 0.3) is 0 Å². The number of nitrogens with one attached hydrogen (secondary N) is 1. The Labute approximate surface area is 192 Å². The van der Waals surface area contributed by atoms with Crippen molar-refractivity contribution < 1.29 is 14.0 Å². The standard InChI is InChI=1S/C23H26FN5O2S/c24-19-5-2-6-20(25-19)28-11-9-27(10-12-28)13-15-3-1-4-16-17(15)14-29(23(16)32)18-7-8-21(30)26-22(18)31/h1-6,18,23,32H,7-14H2,(H,26,30,31). The zero-order chi connectivity index (χ0) is 22.2. The average molecular weight is 456 g/mol. The van der Waals surface area contributed by atoms with Gasteiger partial charge in [0.1, 0.15) is 5.82 Å². The lowest BCUT2D eigenvalue weighted by atomic mass is 10.0. The van der Waals surface area contributed by atoms with Crippen LogP contribution >= 0.6 is 12.6 Å². The summed E-state index contributed by atoms with van der Waals surface area (Å²) in [7, 11) is 0. The molecule has 1 aromatic heterocycles. The van der Waals surface area contributed by atoms with Crippen LogP contribution in [0.2, 0.25) is 0 Å². The summed E-state index contributed by atoms with van der Waals surface area (Å²) < 4.78 is 13.5. The van der Waals surface area contributed by atoms with Gasteiger partial charge >= 0.3 is 0 Å². The van der Waals surface area contributed by atoms with E-state index >= 15 is 0 Å². The molecule has 0 spiro atoms. The van der Waals surface area contributed by atoms with Gasteiger partial charge in [-0.05, 0) is 35.2 Å². The van der Waals surface area contributed by atoms with Crippen LogP contribution in [-0.2, 0) is 22.7 Å². The lowest BCUT2D eigenvalue weighted by Crippen LogP contribution is -2.51. The predicted octanol–water partition coefficient (Wildman–Crippen LogP) is 2.09. The number of aromatic nitrogens is 1. The van der Waals surface area contributed by atoms with E-state index in [2.05, 4.69) is 43.2 Å². The highest BCUT2D eigenvalue weighted by Gasteiger charge is 2.39. The summed E-state index contributed by atoms with van der Waals surface area (Å²) in [4.78, 5) is 34.5. The number of thiol groups is 1. The maximum atomic E-state index is 13.5. The van der Waals surface area contributed by atoms with Crippen molar-refractivity contribution in [2.45, 2.75) is 37.3 Å². The molecule has 2 saturated heterocycles. The van der Waals surface area contributed by atoms with Crippen molar-refractivity contribution in [3.8, 4) is 0 Å². The maximum Gasteiger partial charge on any atom is 0.243 e. The third kappa shape index (κ3) is 4.12. The zero-order valence-electron chi connectivity index (χ0n) is 17.7. The summed E-state index contributed by atoms with van der Waals surface area (Å²) in [5.74, 6) is -0.196. The highest BCUT2D eigenvalue weighted by atomic mass is 32.1. The molecule has 2 atom stereocenters. The Balaban J connectivity index is 1.26. The van der Waals surface area contributed by atoms with Crippen LogP contribution in [0.4, 0.5) is 10.2 Å². The number of pyridine rings is 1. The van der Waals surface area contributed by atoms with Crippen molar-refractivity contribution in [2.24, 2.45) is 0 Å². The number of imide groups is 1. The van der Waals surface area contributed by atoms with Crippen LogP contribution in [0.3, 0.4) is 0 Å². The van der Waals surface area contributed by atoms with Crippen LogP contribution in [0.5, 0.6) is 0 Å². The van der Waals surface area contributed by atoms with Gasteiger partial charge in [-0.25, -0.2) is 4.98 Å². The normalized spacial score (nSPS) is 24.5. The molecule has 5 rings (SSSR count). The number of halogens is 1. The van der Waals surface area contributed by atoms with E-state index < -0.39 is 5.95 Å².